The van der Waals surface area contributed by atoms with E-state index >= 15 is 0 Å². The van der Waals surface area contributed by atoms with Crippen LogP contribution in [0.25, 0.3) is 0 Å². The van der Waals surface area contributed by atoms with E-state index in [1.54, 1.807) is 4.90 Å². The Hall–Kier alpha value is -3.81. The first-order valence-corrected chi connectivity index (χ1v) is 13.8. The number of alkyl halides is 6. The number of fused-ring (bicyclic) bond motifs is 1. The number of ether oxygens (including phenoxy) is 1. The van der Waals surface area contributed by atoms with Crippen LogP contribution >= 0.6 is 0 Å². The molecule has 3 saturated heterocycles. The van der Waals surface area contributed by atoms with Crippen LogP contribution in [-0.4, -0.2) is 81.9 Å². The van der Waals surface area contributed by atoms with Gasteiger partial charge in [-0.1, -0.05) is 30.3 Å². The topological polar surface area (TPSA) is 73.2 Å². The molecule has 14 heteroatoms. The second-order valence-corrected chi connectivity index (χ2v) is 11.0. The standard InChI is InChI=1S/C29H30F6N4O4/c1-18-14-36(18)9-7-23-26(41)37(15-19-5-3-2-4-6-19)16-24-38(10-8-25(40)39(23)24)27(42)43-17-20-11-21(28(30,31)32)13-22(12-20)29(33,34)35/h2-6,11-13,18,23-24H,7-10,14-17H2,1H3/t18?,23-,24+,36?/m0/s1. The van der Waals surface area contributed by atoms with Crippen molar-refractivity contribution >= 4 is 17.9 Å². The van der Waals surface area contributed by atoms with Gasteiger partial charge in [-0.3, -0.25) is 19.4 Å². The largest absolute Gasteiger partial charge is 0.444 e. The molecule has 43 heavy (non-hydrogen) atoms. The van der Waals surface area contributed by atoms with Crippen molar-refractivity contribution in [3.05, 3.63) is 70.8 Å². The molecular formula is C29H30F6N4O4. The van der Waals surface area contributed by atoms with Crippen LogP contribution in [-0.2, 0) is 39.8 Å². The molecule has 3 aliphatic rings. The lowest BCUT2D eigenvalue weighted by Crippen LogP contribution is -2.71. The summed E-state index contributed by atoms with van der Waals surface area (Å²) in [5.41, 5.74) is -2.69. The fourth-order valence-electron chi connectivity index (χ4n) is 5.64. The van der Waals surface area contributed by atoms with Crippen molar-refractivity contribution < 1.29 is 45.5 Å². The highest BCUT2D eigenvalue weighted by atomic mass is 19.4. The van der Waals surface area contributed by atoms with Gasteiger partial charge in [0.05, 0.1) is 17.7 Å². The molecular weight excluding hydrogens is 582 g/mol. The van der Waals surface area contributed by atoms with E-state index in [1.165, 1.54) is 9.80 Å². The SMILES string of the molecule is CC1CN1CC[C@H]1C(=O)N(Cc2ccccc2)C[C@@H]2N(C(=O)OCc3cc(C(F)(F)F)cc(C(F)(F)F)c3)CCC(=O)N21. The zero-order chi connectivity index (χ0) is 31.1. The van der Waals surface area contributed by atoms with E-state index in [4.69, 9.17) is 4.74 Å². The Bertz CT molecular complexity index is 1340. The third-order valence-corrected chi connectivity index (χ3v) is 7.99. The maximum absolute atomic E-state index is 13.7. The second kappa shape index (κ2) is 11.7. The molecule has 2 aromatic rings. The average molecular weight is 613 g/mol. The van der Waals surface area contributed by atoms with Gasteiger partial charge in [0, 0.05) is 38.6 Å². The first-order chi connectivity index (χ1) is 20.2. The van der Waals surface area contributed by atoms with Gasteiger partial charge in [-0.05, 0) is 42.7 Å². The van der Waals surface area contributed by atoms with Crippen molar-refractivity contribution in [3.63, 3.8) is 0 Å². The van der Waals surface area contributed by atoms with Gasteiger partial charge >= 0.3 is 18.4 Å². The fourth-order valence-corrected chi connectivity index (χ4v) is 5.64. The number of halogens is 6. The normalized spacial score (nSPS) is 24.2. The summed E-state index contributed by atoms with van der Waals surface area (Å²) in [6.45, 7) is 2.73. The highest BCUT2D eigenvalue weighted by Gasteiger charge is 2.49. The first-order valence-electron chi connectivity index (χ1n) is 13.8. The Kier molecular flexibility index (Phi) is 8.34. The lowest BCUT2D eigenvalue weighted by atomic mass is 10.0. The van der Waals surface area contributed by atoms with E-state index in [1.807, 2.05) is 37.3 Å². The van der Waals surface area contributed by atoms with E-state index in [2.05, 4.69) is 4.90 Å². The molecule has 5 rings (SSSR count). The molecule has 4 atom stereocenters. The Labute approximate surface area is 243 Å². The lowest BCUT2D eigenvalue weighted by Gasteiger charge is -2.52. The molecule has 232 valence electrons. The van der Waals surface area contributed by atoms with Gasteiger partial charge in [-0.25, -0.2) is 4.79 Å². The zero-order valence-electron chi connectivity index (χ0n) is 23.2. The molecule has 0 bridgehead atoms. The van der Waals surface area contributed by atoms with Crippen LogP contribution in [0.3, 0.4) is 0 Å². The number of benzene rings is 2. The van der Waals surface area contributed by atoms with E-state index < -0.39 is 54.0 Å². The number of piperazine rings is 1. The monoisotopic (exact) mass is 612 g/mol. The van der Waals surface area contributed by atoms with Gasteiger partial charge in [0.25, 0.3) is 0 Å². The summed E-state index contributed by atoms with van der Waals surface area (Å²) in [4.78, 5) is 46.4. The van der Waals surface area contributed by atoms with Gasteiger partial charge in [0.15, 0.2) is 0 Å². The Morgan fingerprint density at radius 3 is 2.14 bits per heavy atom. The number of carbonyl (C=O) groups is 3. The fraction of sp³-hybridized carbons (Fsp3) is 0.483. The third kappa shape index (κ3) is 6.89. The highest BCUT2D eigenvalue weighted by Crippen LogP contribution is 2.37. The lowest BCUT2D eigenvalue weighted by molar-refractivity contribution is -0.169. The first kappa shape index (κ1) is 30.6. The molecule has 2 aromatic carbocycles. The van der Waals surface area contributed by atoms with Crippen molar-refractivity contribution in [2.45, 2.75) is 63.5 Å². The number of carbonyl (C=O) groups excluding carboxylic acids is 3. The molecule has 3 heterocycles. The van der Waals surface area contributed by atoms with E-state index in [0.717, 1.165) is 12.1 Å². The van der Waals surface area contributed by atoms with Gasteiger partial charge in [0.2, 0.25) is 11.8 Å². The molecule has 8 nitrogen and oxygen atoms in total. The molecule has 0 radical (unpaired) electrons. The smallest absolute Gasteiger partial charge is 0.416 e. The minimum absolute atomic E-state index is 0.00109. The summed E-state index contributed by atoms with van der Waals surface area (Å²) < 4.78 is 85.0. The van der Waals surface area contributed by atoms with Gasteiger partial charge < -0.3 is 14.5 Å². The Balaban J connectivity index is 1.37. The Morgan fingerprint density at radius 2 is 1.56 bits per heavy atom. The molecule has 0 aromatic heterocycles. The molecule has 0 spiro atoms. The van der Waals surface area contributed by atoms with Crippen LogP contribution in [0.15, 0.2) is 48.5 Å². The third-order valence-electron chi connectivity index (χ3n) is 7.99. The predicted octanol–water partition coefficient (Wildman–Crippen LogP) is 4.73. The summed E-state index contributed by atoms with van der Waals surface area (Å²) >= 11 is 0. The molecule has 3 amide bonds. The molecule has 3 aliphatic heterocycles. The van der Waals surface area contributed by atoms with Crippen molar-refractivity contribution in [2.75, 3.05) is 26.2 Å². The minimum atomic E-state index is -5.05. The van der Waals surface area contributed by atoms with E-state index in [-0.39, 0.29) is 43.9 Å². The maximum atomic E-state index is 13.7. The second-order valence-electron chi connectivity index (χ2n) is 11.0. The van der Waals surface area contributed by atoms with E-state index in [0.29, 0.717) is 31.1 Å². The Morgan fingerprint density at radius 1 is 0.930 bits per heavy atom. The maximum Gasteiger partial charge on any atom is 0.416 e. The van der Waals surface area contributed by atoms with E-state index in [9.17, 15) is 40.7 Å². The summed E-state index contributed by atoms with van der Waals surface area (Å²) in [5.74, 6) is -0.583. The number of hydrogen-bond donors (Lipinski definition) is 0. The minimum Gasteiger partial charge on any atom is -0.444 e. The van der Waals surface area contributed by atoms with Gasteiger partial charge in [-0.2, -0.15) is 26.3 Å². The number of rotatable bonds is 7. The molecule has 3 fully saturated rings. The van der Waals surface area contributed by atoms with Crippen molar-refractivity contribution in [2.24, 2.45) is 0 Å². The highest BCUT2D eigenvalue weighted by molar-refractivity contribution is 5.90. The predicted molar refractivity (Wildman–Crippen MR) is 140 cm³/mol. The van der Waals surface area contributed by atoms with Crippen molar-refractivity contribution in [3.8, 4) is 0 Å². The van der Waals surface area contributed by atoms with Crippen LogP contribution < -0.4 is 0 Å². The average Bonchev–Trinajstić information content (AvgIpc) is 3.66. The summed E-state index contributed by atoms with van der Waals surface area (Å²) in [6, 6.07) is 9.67. The van der Waals surface area contributed by atoms with Crippen molar-refractivity contribution in [1.29, 1.82) is 0 Å². The van der Waals surface area contributed by atoms with Crippen LogP contribution in [0.4, 0.5) is 31.1 Å². The molecule has 0 saturated carbocycles. The molecule has 0 aliphatic carbocycles. The van der Waals surface area contributed by atoms with Crippen LogP contribution in [0.5, 0.6) is 0 Å². The number of amides is 3. The van der Waals surface area contributed by atoms with Crippen molar-refractivity contribution in [1.82, 2.24) is 19.6 Å². The van der Waals surface area contributed by atoms with Crippen LogP contribution in [0, 0.1) is 0 Å². The number of nitrogens with zero attached hydrogens (tertiary/aromatic N) is 4. The summed E-state index contributed by atoms with van der Waals surface area (Å²) in [7, 11) is 0. The van der Waals surface area contributed by atoms with Gasteiger partial charge in [-0.15, -0.1) is 0 Å². The summed E-state index contributed by atoms with van der Waals surface area (Å²) in [5, 5.41) is 0. The van der Waals surface area contributed by atoms with Crippen LogP contribution in [0.2, 0.25) is 0 Å². The molecule has 2 unspecified atom stereocenters. The molecule has 0 N–H and O–H groups in total. The van der Waals surface area contributed by atoms with Crippen LogP contribution in [0.1, 0.15) is 42.0 Å². The van der Waals surface area contributed by atoms with Gasteiger partial charge in [0.1, 0.15) is 18.8 Å². The quantitative estimate of drug-likeness (QED) is 0.334. The summed E-state index contributed by atoms with van der Waals surface area (Å²) in [6.07, 6.45) is -11.8. The number of hydrogen-bond acceptors (Lipinski definition) is 5. The zero-order valence-corrected chi connectivity index (χ0v) is 23.2.